The van der Waals surface area contributed by atoms with Crippen LogP contribution in [0, 0.1) is 16.0 Å². The van der Waals surface area contributed by atoms with Gasteiger partial charge in [-0.3, -0.25) is 14.9 Å². The van der Waals surface area contributed by atoms with Gasteiger partial charge in [-0.25, -0.2) is 0 Å². The van der Waals surface area contributed by atoms with E-state index in [1.165, 1.54) is 6.07 Å². The first-order valence-electron chi connectivity index (χ1n) is 7.54. The molecule has 3 rings (SSSR count). The third-order valence-electron chi connectivity index (χ3n) is 4.21. The number of nitro groups is 1. The molecule has 0 atom stereocenters. The van der Waals surface area contributed by atoms with Crippen molar-refractivity contribution in [1.82, 2.24) is 4.90 Å². The van der Waals surface area contributed by atoms with E-state index in [1.54, 1.807) is 6.07 Å². The number of anilines is 1. The first-order chi connectivity index (χ1) is 10.6. The Bertz CT molecular complexity index is 604. The van der Waals surface area contributed by atoms with Gasteiger partial charge in [0.05, 0.1) is 4.92 Å². The third-order valence-corrected chi connectivity index (χ3v) is 4.70. The van der Waals surface area contributed by atoms with E-state index in [4.69, 9.17) is 0 Å². The molecule has 0 aromatic heterocycles. The van der Waals surface area contributed by atoms with E-state index >= 15 is 0 Å². The van der Waals surface area contributed by atoms with Crippen LogP contribution in [0.1, 0.15) is 19.3 Å². The molecule has 1 aromatic carbocycles. The zero-order valence-electron chi connectivity index (χ0n) is 12.2. The van der Waals surface area contributed by atoms with Crippen LogP contribution < -0.4 is 4.90 Å². The highest BCUT2D eigenvalue weighted by Gasteiger charge is 2.34. The van der Waals surface area contributed by atoms with Gasteiger partial charge in [0.25, 0.3) is 5.69 Å². The number of nitrogens with zero attached hydrogens (tertiary/aromatic N) is 3. The van der Waals surface area contributed by atoms with Gasteiger partial charge >= 0.3 is 0 Å². The van der Waals surface area contributed by atoms with Crippen molar-refractivity contribution >= 4 is 33.2 Å². The standard InChI is InChI=1S/C15H18BrN3O3/c16-12-4-5-13(14(10-12)19(21)22)17-6-1-7-18(9-8-17)15(20)11-2-3-11/h4-5,10-11H,1-3,6-9H2. The summed E-state index contributed by atoms with van der Waals surface area (Å²) in [7, 11) is 0. The minimum Gasteiger partial charge on any atom is -0.364 e. The summed E-state index contributed by atoms with van der Waals surface area (Å²) >= 11 is 3.28. The number of halogens is 1. The maximum atomic E-state index is 12.2. The van der Waals surface area contributed by atoms with Crippen molar-refractivity contribution in [3.05, 3.63) is 32.8 Å². The zero-order valence-corrected chi connectivity index (χ0v) is 13.8. The number of rotatable bonds is 3. The molecule has 0 spiro atoms. The molecule has 22 heavy (non-hydrogen) atoms. The molecular weight excluding hydrogens is 350 g/mol. The molecule has 2 aliphatic rings. The van der Waals surface area contributed by atoms with Crippen LogP contribution in [0.3, 0.4) is 0 Å². The first-order valence-corrected chi connectivity index (χ1v) is 8.33. The van der Waals surface area contributed by atoms with E-state index in [-0.39, 0.29) is 22.4 Å². The largest absolute Gasteiger partial charge is 0.364 e. The number of amides is 1. The van der Waals surface area contributed by atoms with Crippen LogP contribution in [0.2, 0.25) is 0 Å². The second-order valence-corrected chi connectivity index (χ2v) is 6.75. The Morgan fingerprint density at radius 2 is 2.00 bits per heavy atom. The van der Waals surface area contributed by atoms with Crippen LogP contribution in [0.5, 0.6) is 0 Å². The SMILES string of the molecule is O=C(C1CC1)N1CCCN(c2ccc(Br)cc2[N+](=O)[O-])CC1. The third kappa shape index (κ3) is 3.24. The van der Waals surface area contributed by atoms with Gasteiger partial charge in [0, 0.05) is 42.6 Å². The summed E-state index contributed by atoms with van der Waals surface area (Å²) in [5, 5.41) is 11.3. The average molecular weight is 368 g/mol. The van der Waals surface area contributed by atoms with Crippen molar-refractivity contribution in [3.8, 4) is 0 Å². The van der Waals surface area contributed by atoms with E-state index in [1.807, 2.05) is 15.9 Å². The molecule has 1 saturated carbocycles. The molecule has 6 nitrogen and oxygen atoms in total. The lowest BCUT2D eigenvalue weighted by Gasteiger charge is -2.23. The minimum absolute atomic E-state index is 0.108. The predicted octanol–water partition coefficient (Wildman–Crippen LogP) is 2.81. The summed E-state index contributed by atoms with van der Waals surface area (Å²) in [5.41, 5.74) is 0.741. The fourth-order valence-corrected chi connectivity index (χ4v) is 3.23. The van der Waals surface area contributed by atoms with E-state index in [0.717, 1.165) is 32.4 Å². The summed E-state index contributed by atoms with van der Waals surface area (Å²) in [6, 6.07) is 5.13. The number of nitro benzene ring substituents is 1. The summed E-state index contributed by atoms with van der Waals surface area (Å²) in [4.78, 5) is 27.0. The van der Waals surface area contributed by atoms with Crippen molar-refractivity contribution in [3.63, 3.8) is 0 Å². The Kier molecular flexibility index (Phi) is 4.33. The maximum absolute atomic E-state index is 12.2. The van der Waals surface area contributed by atoms with Crippen LogP contribution in [-0.2, 0) is 4.79 Å². The number of hydrogen-bond acceptors (Lipinski definition) is 4. The first kappa shape index (κ1) is 15.3. The Labute approximate surface area is 137 Å². The van der Waals surface area contributed by atoms with Gasteiger partial charge in [0.1, 0.15) is 5.69 Å². The molecule has 7 heteroatoms. The quantitative estimate of drug-likeness (QED) is 0.608. The topological polar surface area (TPSA) is 66.7 Å². The van der Waals surface area contributed by atoms with E-state index in [2.05, 4.69) is 15.9 Å². The molecule has 1 aromatic rings. The van der Waals surface area contributed by atoms with E-state index in [9.17, 15) is 14.9 Å². The smallest absolute Gasteiger partial charge is 0.293 e. The van der Waals surface area contributed by atoms with Crippen LogP contribution in [0.15, 0.2) is 22.7 Å². The van der Waals surface area contributed by atoms with Gasteiger partial charge in [-0.2, -0.15) is 0 Å². The van der Waals surface area contributed by atoms with Crippen LogP contribution in [0.25, 0.3) is 0 Å². The second kappa shape index (κ2) is 6.24. The molecule has 0 radical (unpaired) electrons. The summed E-state index contributed by atoms with van der Waals surface area (Å²) in [5.74, 6) is 0.487. The normalized spacial score (nSPS) is 19.0. The van der Waals surface area contributed by atoms with Gasteiger partial charge in [0.2, 0.25) is 5.91 Å². The predicted molar refractivity (Wildman–Crippen MR) is 86.9 cm³/mol. The molecule has 118 valence electrons. The van der Waals surface area contributed by atoms with E-state index < -0.39 is 0 Å². The number of carbonyl (C=O) groups is 1. The number of carbonyl (C=O) groups excluding carboxylic acids is 1. The lowest BCUT2D eigenvalue weighted by atomic mass is 10.2. The molecule has 1 heterocycles. The van der Waals surface area contributed by atoms with Gasteiger partial charge in [0.15, 0.2) is 0 Å². The van der Waals surface area contributed by atoms with Crippen molar-refractivity contribution in [2.75, 3.05) is 31.1 Å². The Balaban J connectivity index is 1.75. The zero-order chi connectivity index (χ0) is 15.7. The van der Waals surface area contributed by atoms with Crippen LogP contribution >= 0.6 is 15.9 Å². The molecule has 1 saturated heterocycles. The highest BCUT2D eigenvalue weighted by atomic mass is 79.9. The Hall–Kier alpha value is -1.63. The monoisotopic (exact) mass is 367 g/mol. The fraction of sp³-hybridized carbons (Fsp3) is 0.533. The summed E-state index contributed by atoms with van der Waals surface area (Å²) in [6.45, 7) is 2.76. The van der Waals surface area contributed by atoms with Gasteiger partial charge in [-0.1, -0.05) is 15.9 Å². The van der Waals surface area contributed by atoms with Gasteiger partial charge < -0.3 is 9.80 Å². The minimum atomic E-state index is -0.349. The molecule has 1 aliphatic heterocycles. The average Bonchev–Trinajstić information content (AvgIpc) is 3.33. The summed E-state index contributed by atoms with van der Waals surface area (Å²) in [6.07, 6.45) is 2.86. The molecule has 1 aliphatic carbocycles. The molecular formula is C15H18BrN3O3. The van der Waals surface area contributed by atoms with Crippen LogP contribution in [-0.4, -0.2) is 41.9 Å². The van der Waals surface area contributed by atoms with E-state index in [0.29, 0.717) is 23.2 Å². The van der Waals surface area contributed by atoms with Crippen LogP contribution in [0.4, 0.5) is 11.4 Å². The highest BCUT2D eigenvalue weighted by molar-refractivity contribution is 9.10. The lowest BCUT2D eigenvalue weighted by molar-refractivity contribution is -0.384. The van der Waals surface area contributed by atoms with Crippen molar-refractivity contribution in [2.45, 2.75) is 19.3 Å². The summed E-state index contributed by atoms with van der Waals surface area (Å²) < 4.78 is 0.698. The molecule has 1 amide bonds. The van der Waals surface area contributed by atoms with Gasteiger partial charge in [-0.15, -0.1) is 0 Å². The number of hydrogen-bond donors (Lipinski definition) is 0. The molecule has 0 N–H and O–H groups in total. The molecule has 0 unspecified atom stereocenters. The Morgan fingerprint density at radius 3 is 2.68 bits per heavy atom. The molecule has 2 fully saturated rings. The second-order valence-electron chi connectivity index (χ2n) is 5.83. The Morgan fingerprint density at radius 1 is 1.23 bits per heavy atom. The van der Waals surface area contributed by atoms with Crippen molar-refractivity contribution in [1.29, 1.82) is 0 Å². The van der Waals surface area contributed by atoms with Crippen molar-refractivity contribution < 1.29 is 9.72 Å². The van der Waals surface area contributed by atoms with Gasteiger partial charge in [-0.05, 0) is 31.4 Å². The maximum Gasteiger partial charge on any atom is 0.293 e. The fourth-order valence-electron chi connectivity index (χ4n) is 2.88. The van der Waals surface area contributed by atoms with Crippen molar-refractivity contribution in [2.24, 2.45) is 5.92 Å². The number of benzene rings is 1. The lowest BCUT2D eigenvalue weighted by Crippen LogP contribution is -2.36. The molecule has 0 bridgehead atoms. The highest BCUT2D eigenvalue weighted by Crippen LogP contribution is 2.33.